The molecule has 4 atom stereocenters. The van der Waals surface area contributed by atoms with Crippen LogP contribution in [0, 0.1) is 0 Å². The summed E-state index contributed by atoms with van der Waals surface area (Å²) >= 11 is 0. The third-order valence-corrected chi connectivity index (χ3v) is 2.03. The Bertz CT molecular complexity index is 149. The standard InChI is InChI=1S/C7H12O4/c1-4-10-5-2-7(8)9-3-6(5)11-4/h4-8H,2-3H2,1H3. The van der Waals surface area contributed by atoms with E-state index in [1.165, 1.54) is 0 Å². The third kappa shape index (κ3) is 1.39. The first-order valence-electron chi connectivity index (χ1n) is 3.86. The maximum atomic E-state index is 9.08. The fourth-order valence-electron chi connectivity index (χ4n) is 1.53. The highest BCUT2D eigenvalue weighted by Crippen LogP contribution is 2.26. The van der Waals surface area contributed by atoms with Crippen LogP contribution in [0.4, 0.5) is 0 Å². The molecule has 0 aliphatic carbocycles. The Hall–Kier alpha value is -0.160. The number of hydrogen-bond donors (Lipinski definition) is 1. The first-order valence-corrected chi connectivity index (χ1v) is 3.86. The van der Waals surface area contributed by atoms with Crippen LogP contribution < -0.4 is 0 Å². The van der Waals surface area contributed by atoms with Gasteiger partial charge in [-0.2, -0.15) is 0 Å². The number of rotatable bonds is 0. The maximum absolute atomic E-state index is 9.08. The van der Waals surface area contributed by atoms with Gasteiger partial charge in [0, 0.05) is 6.42 Å². The van der Waals surface area contributed by atoms with Crippen molar-refractivity contribution in [2.75, 3.05) is 6.61 Å². The van der Waals surface area contributed by atoms with Gasteiger partial charge in [-0.25, -0.2) is 0 Å². The van der Waals surface area contributed by atoms with Crippen LogP contribution >= 0.6 is 0 Å². The molecular weight excluding hydrogens is 148 g/mol. The van der Waals surface area contributed by atoms with Crippen molar-refractivity contribution in [3.8, 4) is 0 Å². The minimum Gasteiger partial charge on any atom is -0.368 e. The predicted molar refractivity (Wildman–Crippen MR) is 35.8 cm³/mol. The molecular formula is C7H12O4. The summed E-state index contributed by atoms with van der Waals surface area (Å²) in [6.45, 7) is 2.29. The molecule has 0 saturated carbocycles. The van der Waals surface area contributed by atoms with E-state index in [0.717, 1.165) is 0 Å². The van der Waals surface area contributed by atoms with E-state index in [1.807, 2.05) is 6.92 Å². The normalized spacial score (nSPS) is 50.7. The van der Waals surface area contributed by atoms with Crippen molar-refractivity contribution in [1.82, 2.24) is 0 Å². The smallest absolute Gasteiger partial charge is 0.157 e. The highest BCUT2D eigenvalue weighted by molar-refractivity contribution is 4.80. The molecule has 0 spiro atoms. The topological polar surface area (TPSA) is 47.9 Å². The minimum absolute atomic E-state index is 0.0217. The molecule has 2 aliphatic rings. The summed E-state index contributed by atoms with van der Waals surface area (Å²) in [5, 5.41) is 9.08. The van der Waals surface area contributed by atoms with Crippen molar-refractivity contribution in [2.24, 2.45) is 0 Å². The second-order valence-corrected chi connectivity index (χ2v) is 2.94. The molecule has 4 unspecified atom stereocenters. The van der Waals surface area contributed by atoms with Crippen LogP contribution in [-0.4, -0.2) is 36.5 Å². The van der Waals surface area contributed by atoms with E-state index in [0.29, 0.717) is 13.0 Å². The van der Waals surface area contributed by atoms with E-state index < -0.39 is 6.29 Å². The van der Waals surface area contributed by atoms with Gasteiger partial charge in [-0.3, -0.25) is 0 Å². The molecule has 2 fully saturated rings. The molecule has 2 rings (SSSR count). The van der Waals surface area contributed by atoms with Crippen LogP contribution in [0.5, 0.6) is 0 Å². The number of aliphatic hydroxyl groups excluding tert-OH is 1. The summed E-state index contributed by atoms with van der Waals surface area (Å²) in [6, 6.07) is 0. The molecule has 0 radical (unpaired) electrons. The van der Waals surface area contributed by atoms with Crippen LogP contribution in [0.2, 0.25) is 0 Å². The summed E-state index contributed by atoms with van der Waals surface area (Å²) in [5.41, 5.74) is 0. The van der Waals surface area contributed by atoms with Gasteiger partial charge in [-0.15, -0.1) is 0 Å². The highest BCUT2D eigenvalue weighted by atomic mass is 16.7. The Morgan fingerprint density at radius 3 is 2.82 bits per heavy atom. The van der Waals surface area contributed by atoms with Crippen LogP contribution in [-0.2, 0) is 14.2 Å². The lowest BCUT2D eigenvalue weighted by Gasteiger charge is -2.26. The SMILES string of the molecule is CC1OC2COC(O)CC2O1. The Morgan fingerprint density at radius 1 is 1.27 bits per heavy atom. The minimum atomic E-state index is -0.676. The lowest BCUT2D eigenvalue weighted by molar-refractivity contribution is -0.166. The van der Waals surface area contributed by atoms with E-state index in [2.05, 4.69) is 0 Å². The van der Waals surface area contributed by atoms with E-state index in [-0.39, 0.29) is 18.5 Å². The molecule has 1 N–H and O–H groups in total. The lowest BCUT2D eigenvalue weighted by atomic mass is 10.1. The Kier molecular flexibility index (Phi) is 1.85. The molecule has 11 heavy (non-hydrogen) atoms. The molecule has 0 aromatic carbocycles. The van der Waals surface area contributed by atoms with Gasteiger partial charge in [0.05, 0.1) is 12.7 Å². The van der Waals surface area contributed by atoms with Gasteiger partial charge >= 0.3 is 0 Å². The van der Waals surface area contributed by atoms with Gasteiger partial charge in [0.25, 0.3) is 0 Å². The first kappa shape index (κ1) is 7.49. The van der Waals surface area contributed by atoms with Gasteiger partial charge in [0.1, 0.15) is 6.10 Å². The van der Waals surface area contributed by atoms with Crippen LogP contribution in [0.25, 0.3) is 0 Å². The highest BCUT2D eigenvalue weighted by Gasteiger charge is 2.39. The van der Waals surface area contributed by atoms with Crippen molar-refractivity contribution in [3.05, 3.63) is 0 Å². The Labute approximate surface area is 65.1 Å². The Balaban J connectivity index is 1.97. The fraction of sp³-hybridized carbons (Fsp3) is 1.00. The van der Waals surface area contributed by atoms with Crippen molar-refractivity contribution in [3.63, 3.8) is 0 Å². The third-order valence-electron chi connectivity index (χ3n) is 2.03. The second kappa shape index (κ2) is 2.71. The number of hydrogen-bond acceptors (Lipinski definition) is 4. The Morgan fingerprint density at radius 2 is 2.00 bits per heavy atom. The molecule has 0 bridgehead atoms. The van der Waals surface area contributed by atoms with Gasteiger partial charge in [0.15, 0.2) is 12.6 Å². The van der Waals surface area contributed by atoms with Crippen molar-refractivity contribution >= 4 is 0 Å². The lowest BCUT2D eigenvalue weighted by Crippen LogP contribution is -2.39. The van der Waals surface area contributed by atoms with Crippen LogP contribution in [0.3, 0.4) is 0 Å². The zero-order valence-corrected chi connectivity index (χ0v) is 6.40. The predicted octanol–water partition coefficient (Wildman–Crippen LogP) is -0.145. The van der Waals surface area contributed by atoms with Gasteiger partial charge < -0.3 is 19.3 Å². The molecule has 4 heteroatoms. The molecule has 2 saturated heterocycles. The summed E-state index contributed by atoms with van der Waals surface area (Å²) < 4.78 is 15.7. The van der Waals surface area contributed by atoms with Crippen molar-refractivity contribution in [2.45, 2.75) is 38.1 Å². The number of ether oxygens (including phenoxy) is 3. The summed E-state index contributed by atoms with van der Waals surface area (Å²) in [6.07, 6.45) is -0.263. The molecule has 0 aromatic rings. The second-order valence-electron chi connectivity index (χ2n) is 2.94. The molecule has 2 aliphatic heterocycles. The molecule has 2 heterocycles. The fourth-order valence-corrected chi connectivity index (χ4v) is 1.53. The summed E-state index contributed by atoms with van der Waals surface area (Å²) in [5.74, 6) is 0. The van der Waals surface area contributed by atoms with Gasteiger partial charge in [0.2, 0.25) is 0 Å². The van der Waals surface area contributed by atoms with Crippen molar-refractivity contribution in [1.29, 1.82) is 0 Å². The zero-order chi connectivity index (χ0) is 7.84. The zero-order valence-electron chi connectivity index (χ0n) is 6.40. The summed E-state index contributed by atoms with van der Waals surface area (Å²) in [4.78, 5) is 0. The average molecular weight is 160 g/mol. The first-order chi connectivity index (χ1) is 5.25. The van der Waals surface area contributed by atoms with E-state index >= 15 is 0 Å². The summed E-state index contributed by atoms with van der Waals surface area (Å²) in [7, 11) is 0. The van der Waals surface area contributed by atoms with Crippen molar-refractivity contribution < 1.29 is 19.3 Å². The number of fused-ring (bicyclic) bond motifs is 1. The van der Waals surface area contributed by atoms with Crippen LogP contribution in [0.15, 0.2) is 0 Å². The largest absolute Gasteiger partial charge is 0.368 e. The van der Waals surface area contributed by atoms with E-state index in [4.69, 9.17) is 19.3 Å². The molecule has 64 valence electrons. The molecule has 0 aromatic heterocycles. The average Bonchev–Trinajstić information content (AvgIpc) is 2.27. The van der Waals surface area contributed by atoms with E-state index in [9.17, 15) is 0 Å². The van der Waals surface area contributed by atoms with Gasteiger partial charge in [-0.1, -0.05) is 0 Å². The van der Waals surface area contributed by atoms with Gasteiger partial charge in [-0.05, 0) is 6.92 Å². The monoisotopic (exact) mass is 160 g/mol. The van der Waals surface area contributed by atoms with E-state index in [1.54, 1.807) is 0 Å². The molecule has 0 amide bonds. The van der Waals surface area contributed by atoms with Crippen LogP contribution in [0.1, 0.15) is 13.3 Å². The molecule has 4 nitrogen and oxygen atoms in total. The quantitative estimate of drug-likeness (QED) is 0.535. The maximum Gasteiger partial charge on any atom is 0.157 e. The number of aliphatic hydroxyl groups is 1.